The molecule has 2 N–H and O–H groups in total. The van der Waals surface area contributed by atoms with Crippen LogP contribution in [0.15, 0.2) is 48.5 Å². The molecular formula is C24H28F2N2O3. The van der Waals surface area contributed by atoms with Gasteiger partial charge in [0.15, 0.2) is 0 Å². The monoisotopic (exact) mass is 430 g/mol. The van der Waals surface area contributed by atoms with Crippen molar-refractivity contribution in [2.24, 2.45) is 11.8 Å². The minimum atomic E-state index is -0.969. The lowest BCUT2D eigenvalue weighted by Crippen LogP contribution is -2.53. The zero-order chi connectivity index (χ0) is 22.5. The van der Waals surface area contributed by atoms with Crippen LogP contribution in [-0.4, -0.2) is 41.0 Å². The van der Waals surface area contributed by atoms with Crippen LogP contribution in [0.2, 0.25) is 0 Å². The van der Waals surface area contributed by atoms with E-state index >= 15 is 0 Å². The van der Waals surface area contributed by atoms with Crippen LogP contribution < -0.4 is 5.32 Å². The van der Waals surface area contributed by atoms with E-state index in [1.54, 1.807) is 18.7 Å². The molecule has 1 saturated heterocycles. The van der Waals surface area contributed by atoms with Gasteiger partial charge in [-0.15, -0.1) is 0 Å². The Morgan fingerprint density at radius 3 is 2.13 bits per heavy atom. The van der Waals surface area contributed by atoms with Gasteiger partial charge in [-0.1, -0.05) is 50.2 Å². The summed E-state index contributed by atoms with van der Waals surface area (Å²) in [7, 11) is 0. The fourth-order valence-electron chi connectivity index (χ4n) is 4.00. The van der Waals surface area contributed by atoms with Crippen LogP contribution in [0.5, 0.6) is 0 Å². The molecule has 5 nitrogen and oxygen atoms in total. The second kappa shape index (κ2) is 10.0. The van der Waals surface area contributed by atoms with Crippen molar-refractivity contribution in [3.8, 4) is 0 Å². The lowest BCUT2D eigenvalue weighted by molar-refractivity contribution is -0.136. The molecule has 2 unspecified atom stereocenters. The maximum atomic E-state index is 13.9. The maximum absolute atomic E-state index is 13.9. The lowest BCUT2D eigenvalue weighted by atomic mass is 9.87. The molecule has 0 saturated carbocycles. The van der Waals surface area contributed by atoms with E-state index in [1.807, 2.05) is 30.3 Å². The van der Waals surface area contributed by atoms with Gasteiger partial charge in [0.2, 0.25) is 5.91 Å². The Morgan fingerprint density at radius 1 is 1.00 bits per heavy atom. The first-order valence-corrected chi connectivity index (χ1v) is 10.6. The second-order valence-corrected chi connectivity index (χ2v) is 8.31. The summed E-state index contributed by atoms with van der Waals surface area (Å²) >= 11 is 0. The number of benzene rings is 2. The molecule has 0 spiro atoms. The molecule has 2 aromatic carbocycles. The van der Waals surface area contributed by atoms with Crippen molar-refractivity contribution in [2.75, 3.05) is 13.1 Å². The Morgan fingerprint density at radius 2 is 1.58 bits per heavy atom. The van der Waals surface area contributed by atoms with Gasteiger partial charge in [-0.2, -0.15) is 0 Å². The van der Waals surface area contributed by atoms with Gasteiger partial charge in [0.05, 0.1) is 6.10 Å². The van der Waals surface area contributed by atoms with Gasteiger partial charge < -0.3 is 15.3 Å². The lowest BCUT2D eigenvalue weighted by Gasteiger charge is -2.37. The van der Waals surface area contributed by atoms with E-state index in [0.29, 0.717) is 25.9 Å². The molecule has 0 aromatic heterocycles. The van der Waals surface area contributed by atoms with E-state index in [4.69, 9.17) is 0 Å². The third-order valence-electron chi connectivity index (χ3n) is 5.85. The number of nitrogens with zero attached hydrogens (tertiary/aromatic N) is 1. The molecule has 2 amide bonds. The highest BCUT2D eigenvalue weighted by molar-refractivity contribution is 5.98. The number of aliphatic hydroxyl groups is 1. The molecular weight excluding hydrogens is 402 g/mol. The molecule has 31 heavy (non-hydrogen) atoms. The number of carbonyl (C=O) groups is 2. The summed E-state index contributed by atoms with van der Waals surface area (Å²) in [5.74, 6) is -3.40. The van der Waals surface area contributed by atoms with Crippen LogP contribution in [-0.2, 0) is 4.79 Å². The van der Waals surface area contributed by atoms with E-state index in [0.717, 1.165) is 17.7 Å². The number of nitrogens with one attached hydrogen (secondary N) is 1. The Balaban J connectivity index is 1.64. The van der Waals surface area contributed by atoms with E-state index in [1.165, 1.54) is 6.07 Å². The van der Waals surface area contributed by atoms with Crippen LogP contribution in [0.4, 0.5) is 8.78 Å². The standard InChI is InChI=1S/C24H28F2N2O3/c1-15(2)21(27-23(30)20-18(25)9-6-10-19(20)26)24(31)28-13-11-17(12-14-28)22(29)16-7-4-3-5-8-16/h3-10,15,17,21-22,29H,11-14H2,1-2H3,(H,27,30). The van der Waals surface area contributed by atoms with Gasteiger partial charge in [0, 0.05) is 13.1 Å². The van der Waals surface area contributed by atoms with Crippen molar-refractivity contribution in [1.29, 1.82) is 0 Å². The Bertz CT molecular complexity index is 892. The molecule has 0 bridgehead atoms. The summed E-state index contributed by atoms with van der Waals surface area (Å²) in [5.41, 5.74) is 0.164. The normalized spacial score (nSPS) is 16.8. The first-order chi connectivity index (χ1) is 14.8. The summed E-state index contributed by atoms with van der Waals surface area (Å²) in [6.07, 6.45) is 0.661. The van der Waals surface area contributed by atoms with E-state index in [9.17, 15) is 23.5 Å². The molecule has 2 aromatic rings. The van der Waals surface area contributed by atoms with Crippen LogP contribution in [0.3, 0.4) is 0 Å². The van der Waals surface area contributed by atoms with Crippen molar-refractivity contribution in [3.63, 3.8) is 0 Å². The number of hydrogen-bond donors (Lipinski definition) is 2. The van der Waals surface area contributed by atoms with Crippen molar-refractivity contribution >= 4 is 11.8 Å². The topological polar surface area (TPSA) is 69.6 Å². The molecule has 1 fully saturated rings. The van der Waals surface area contributed by atoms with E-state index < -0.39 is 35.3 Å². The summed E-state index contributed by atoms with van der Waals surface area (Å²) < 4.78 is 27.9. The molecule has 166 valence electrons. The predicted octanol–water partition coefficient (Wildman–Crippen LogP) is 3.69. The zero-order valence-corrected chi connectivity index (χ0v) is 17.7. The summed E-state index contributed by atoms with van der Waals surface area (Å²) in [4.78, 5) is 27.2. The van der Waals surface area contributed by atoms with Crippen molar-refractivity contribution < 1.29 is 23.5 Å². The number of carbonyl (C=O) groups excluding carboxylic acids is 2. The summed E-state index contributed by atoms with van der Waals surface area (Å²) in [5, 5.41) is 13.1. The summed E-state index contributed by atoms with van der Waals surface area (Å²) in [6, 6.07) is 11.7. The van der Waals surface area contributed by atoms with Crippen LogP contribution in [0.25, 0.3) is 0 Å². The average molecular weight is 430 g/mol. The number of halogens is 2. The SMILES string of the molecule is CC(C)C(NC(=O)c1c(F)cccc1F)C(=O)N1CCC(C(O)c2ccccc2)CC1. The molecule has 1 heterocycles. The number of piperidine rings is 1. The number of aliphatic hydroxyl groups excluding tert-OH is 1. The quantitative estimate of drug-likeness (QED) is 0.734. The first kappa shape index (κ1) is 22.9. The van der Waals surface area contributed by atoms with Crippen molar-refractivity contribution in [2.45, 2.75) is 38.8 Å². The fraction of sp³-hybridized carbons (Fsp3) is 0.417. The number of likely N-dealkylation sites (tertiary alicyclic amines) is 1. The van der Waals surface area contributed by atoms with Gasteiger partial charge in [0.1, 0.15) is 23.2 Å². The molecule has 7 heteroatoms. The number of rotatable bonds is 6. The van der Waals surface area contributed by atoms with Gasteiger partial charge >= 0.3 is 0 Å². The summed E-state index contributed by atoms with van der Waals surface area (Å²) in [6.45, 7) is 4.43. The Hall–Kier alpha value is -2.80. The van der Waals surface area contributed by atoms with Crippen LogP contribution >= 0.6 is 0 Å². The first-order valence-electron chi connectivity index (χ1n) is 10.6. The smallest absolute Gasteiger partial charge is 0.257 e. The molecule has 3 rings (SSSR count). The molecule has 2 atom stereocenters. The van der Waals surface area contributed by atoms with Gasteiger partial charge in [-0.3, -0.25) is 9.59 Å². The van der Waals surface area contributed by atoms with Crippen molar-refractivity contribution in [1.82, 2.24) is 10.2 Å². The number of amides is 2. The fourth-order valence-corrected chi connectivity index (χ4v) is 4.00. The van der Waals surface area contributed by atoms with Crippen molar-refractivity contribution in [3.05, 3.63) is 71.3 Å². The predicted molar refractivity (Wildman–Crippen MR) is 113 cm³/mol. The minimum Gasteiger partial charge on any atom is -0.388 e. The molecule has 0 aliphatic carbocycles. The Labute approximate surface area is 181 Å². The van der Waals surface area contributed by atoms with E-state index in [2.05, 4.69) is 5.32 Å². The maximum Gasteiger partial charge on any atom is 0.257 e. The van der Waals surface area contributed by atoms with Gasteiger partial charge in [-0.25, -0.2) is 8.78 Å². The van der Waals surface area contributed by atoms with Crippen LogP contribution in [0, 0.1) is 23.5 Å². The van der Waals surface area contributed by atoms with Crippen LogP contribution in [0.1, 0.15) is 48.7 Å². The zero-order valence-electron chi connectivity index (χ0n) is 17.7. The molecule has 0 radical (unpaired) electrons. The number of hydrogen-bond acceptors (Lipinski definition) is 3. The highest BCUT2D eigenvalue weighted by atomic mass is 19.1. The second-order valence-electron chi connectivity index (χ2n) is 8.31. The highest BCUT2D eigenvalue weighted by Gasteiger charge is 2.34. The van der Waals surface area contributed by atoms with E-state index in [-0.39, 0.29) is 17.7 Å². The third kappa shape index (κ3) is 5.28. The average Bonchev–Trinajstić information content (AvgIpc) is 2.77. The highest BCUT2D eigenvalue weighted by Crippen LogP contribution is 2.31. The van der Waals surface area contributed by atoms with Gasteiger partial charge in [0.25, 0.3) is 5.91 Å². The molecule has 1 aliphatic rings. The van der Waals surface area contributed by atoms with Gasteiger partial charge in [-0.05, 0) is 42.4 Å². The minimum absolute atomic E-state index is 0.0334. The Kier molecular flexibility index (Phi) is 7.38. The molecule has 1 aliphatic heterocycles. The largest absolute Gasteiger partial charge is 0.388 e. The third-order valence-corrected chi connectivity index (χ3v) is 5.85.